The van der Waals surface area contributed by atoms with Gasteiger partial charge in [0.1, 0.15) is 5.82 Å². The molecule has 1 saturated heterocycles. The topological polar surface area (TPSA) is 59.8 Å². The van der Waals surface area contributed by atoms with Crippen molar-refractivity contribution in [2.75, 3.05) is 31.1 Å². The summed E-state index contributed by atoms with van der Waals surface area (Å²) in [6, 6.07) is 8.32. The number of phenols is 1. The van der Waals surface area contributed by atoms with E-state index in [9.17, 15) is 14.6 Å². The second-order valence-electron chi connectivity index (χ2n) is 5.69. The van der Waals surface area contributed by atoms with E-state index in [1.165, 1.54) is 6.07 Å². The third kappa shape index (κ3) is 3.60. The molecule has 2 N–H and O–H groups in total. The predicted octanol–water partition coefficient (Wildman–Crippen LogP) is 1.74. The Labute approximate surface area is 134 Å². The molecule has 23 heavy (non-hydrogen) atoms. The normalized spacial score (nSPS) is 15.8. The van der Waals surface area contributed by atoms with Crippen molar-refractivity contribution in [2.24, 2.45) is 0 Å². The molecule has 6 heteroatoms. The Morgan fingerprint density at radius 2 is 1.91 bits per heavy atom. The fourth-order valence-corrected chi connectivity index (χ4v) is 2.80. The summed E-state index contributed by atoms with van der Waals surface area (Å²) in [5.74, 6) is 0.0307. The van der Waals surface area contributed by atoms with Crippen molar-refractivity contribution in [3.05, 3.63) is 53.5 Å². The first-order valence-electron chi connectivity index (χ1n) is 7.67. The van der Waals surface area contributed by atoms with Gasteiger partial charge in [-0.1, -0.05) is 12.1 Å². The van der Waals surface area contributed by atoms with Gasteiger partial charge in [0.05, 0.1) is 6.61 Å². The minimum Gasteiger partial charge on any atom is -0.505 e. The van der Waals surface area contributed by atoms with Crippen molar-refractivity contribution in [1.29, 1.82) is 0 Å². The van der Waals surface area contributed by atoms with E-state index in [0.717, 1.165) is 37.6 Å². The summed E-state index contributed by atoms with van der Waals surface area (Å²) in [7, 11) is 0. The fourth-order valence-electron chi connectivity index (χ4n) is 2.80. The highest BCUT2D eigenvalue weighted by Gasteiger charge is 2.19. The van der Waals surface area contributed by atoms with Crippen LogP contribution in [0.5, 0.6) is 5.75 Å². The monoisotopic (exact) mass is 317 g/mol. The largest absolute Gasteiger partial charge is 0.505 e. The zero-order valence-electron chi connectivity index (χ0n) is 12.8. The first kappa shape index (κ1) is 15.7. The molecule has 1 fully saturated rings. The van der Waals surface area contributed by atoms with Gasteiger partial charge in [-0.25, -0.2) is 9.37 Å². The van der Waals surface area contributed by atoms with Crippen LogP contribution < -0.4 is 4.90 Å². The number of phenolic OH excluding ortho intramolecular Hbond substituents is 1. The number of rotatable bonds is 4. The number of hydrogen-bond donors (Lipinski definition) is 2. The van der Waals surface area contributed by atoms with Gasteiger partial charge in [-0.05, 0) is 23.8 Å². The molecule has 0 aliphatic carbocycles. The van der Waals surface area contributed by atoms with E-state index in [2.05, 4.69) is 14.8 Å². The maximum absolute atomic E-state index is 13.4. The third-order valence-electron chi connectivity index (χ3n) is 4.15. The number of anilines is 1. The number of hydrogen-bond acceptors (Lipinski definition) is 5. The molecule has 2 heterocycles. The van der Waals surface area contributed by atoms with E-state index in [1.807, 2.05) is 6.07 Å². The van der Waals surface area contributed by atoms with Crippen LogP contribution >= 0.6 is 0 Å². The Morgan fingerprint density at radius 3 is 2.65 bits per heavy atom. The Morgan fingerprint density at radius 1 is 1.13 bits per heavy atom. The second-order valence-corrected chi connectivity index (χ2v) is 5.69. The lowest BCUT2D eigenvalue weighted by molar-refractivity contribution is 0.245. The van der Waals surface area contributed by atoms with Gasteiger partial charge in [0.25, 0.3) is 0 Å². The number of halogens is 1. The highest BCUT2D eigenvalue weighted by atomic mass is 19.1. The lowest BCUT2D eigenvalue weighted by atomic mass is 10.1. The van der Waals surface area contributed by atoms with Gasteiger partial charge >= 0.3 is 0 Å². The highest BCUT2D eigenvalue weighted by Crippen LogP contribution is 2.23. The summed E-state index contributed by atoms with van der Waals surface area (Å²) >= 11 is 0. The summed E-state index contributed by atoms with van der Waals surface area (Å²) in [5.41, 5.74) is 1.46. The SMILES string of the molecule is OCc1ccnc(N2CCN(Cc3cccc(F)c3O)CC2)c1. The molecular weight excluding hydrogens is 297 g/mol. The molecule has 0 bridgehead atoms. The number of aromatic hydroxyl groups is 1. The van der Waals surface area contributed by atoms with Crippen molar-refractivity contribution in [3.63, 3.8) is 0 Å². The second kappa shape index (κ2) is 6.93. The first-order valence-corrected chi connectivity index (χ1v) is 7.67. The standard InChI is InChI=1S/C17H20FN3O2/c18-15-3-1-2-14(17(15)23)11-20-6-8-21(9-7-20)16-10-13(12-22)4-5-19-16/h1-5,10,22-23H,6-9,11-12H2. The summed E-state index contributed by atoms with van der Waals surface area (Å²) in [4.78, 5) is 8.70. The molecule has 0 amide bonds. The fraction of sp³-hybridized carbons (Fsp3) is 0.353. The van der Waals surface area contributed by atoms with Crippen LogP contribution in [-0.2, 0) is 13.2 Å². The molecule has 0 unspecified atom stereocenters. The lowest BCUT2D eigenvalue weighted by Crippen LogP contribution is -2.46. The van der Waals surface area contributed by atoms with Crippen LogP contribution in [-0.4, -0.2) is 46.3 Å². The van der Waals surface area contributed by atoms with Crippen molar-refractivity contribution in [3.8, 4) is 5.75 Å². The summed E-state index contributed by atoms with van der Waals surface area (Å²) in [6.45, 7) is 3.76. The summed E-state index contributed by atoms with van der Waals surface area (Å²) < 4.78 is 13.4. The minimum absolute atomic E-state index is 0.00827. The third-order valence-corrected chi connectivity index (χ3v) is 4.15. The van der Waals surface area contributed by atoms with E-state index in [4.69, 9.17) is 0 Å². The van der Waals surface area contributed by atoms with Gasteiger partial charge in [-0.15, -0.1) is 0 Å². The highest BCUT2D eigenvalue weighted by molar-refractivity contribution is 5.41. The molecule has 0 spiro atoms. The van der Waals surface area contributed by atoms with Gasteiger partial charge in [0.2, 0.25) is 0 Å². The number of piperazine rings is 1. The Kier molecular flexibility index (Phi) is 4.73. The molecule has 2 aromatic rings. The minimum atomic E-state index is -0.578. The van der Waals surface area contributed by atoms with Crippen molar-refractivity contribution < 1.29 is 14.6 Å². The molecule has 5 nitrogen and oxygen atoms in total. The average Bonchev–Trinajstić information content (AvgIpc) is 2.60. The van der Waals surface area contributed by atoms with Crippen LogP contribution in [0.1, 0.15) is 11.1 Å². The van der Waals surface area contributed by atoms with Gasteiger partial charge in [-0.3, -0.25) is 4.90 Å². The van der Waals surface area contributed by atoms with Crippen LogP contribution in [0.25, 0.3) is 0 Å². The quantitative estimate of drug-likeness (QED) is 0.899. The van der Waals surface area contributed by atoms with Crippen LogP contribution in [0.4, 0.5) is 10.2 Å². The molecular formula is C17H20FN3O2. The van der Waals surface area contributed by atoms with Crippen molar-refractivity contribution in [1.82, 2.24) is 9.88 Å². The number of aliphatic hydroxyl groups excluding tert-OH is 1. The van der Waals surface area contributed by atoms with Crippen LogP contribution in [0, 0.1) is 5.82 Å². The number of pyridine rings is 1. The zero-order valence-corrected chi connectivity index (χ0v) is 12.8. The maximum Gasteiger partial charge on any atom is 0.165 e. The molecule has 1 aromatic carbocycles. The van der Waals surface area contributed by atoms with Crippen LogP contribution in [0.2, 0.25) is 0 Å². The summed E-state index contributed by atoms with van der Waals surface area (Å²) in [5, 5.41) is 19.0. The molecule has 1 aromatic heterocycles. The molecule has 3 rings (SSSR count). The van der Waals surface area contributed by atoms with Gasteiger partial charge in [0.15, 0.2) is 11.6 Å². The van der Waals surface area contributed by atoms with Crippen molar-refractivity contribution in [2.45, 2.75) is 13.2 Å². The smallest absolute Gasteiger partial charge is 0.165 e. The van der Waals surface area contributed by atoms with Crippen LogP contribution in [0.3, 0.4) is 0 Å². The molecule has 0 atom stereocenters. The van der Waals surface area contributed by atoms with Crippen molar-refractivity contribution >= 4 is 5.82 Å². The Hall–Kier alpha value is -2.18. The van der Waals surface area contributed by atoms with E-state index in [-0.39, 0.29) is 12.4 Å². The Bertz CT molecular complexity index is 673. The van der Waals surface area contributed by atoms with Gasteiger partial charge in [-0.2, -0.15) is 0 Å². The molecule has 1 aliphatic heterocycles. The zero-order chi connectivity index (χ0) is 16.2. The molecule has 0 radical (unpaired) electrons. The van der Waals surface area contributed by atoms with E-state index < -0.39 is 5.82 Å². The molecule has 122 valence electrons. The van der Waals surface area contributed by atoms with Gasteiger partial charge in [0, 0.05) is 44.5 Å². The van der Waals surface area contributed by atoms with E-state index in [1.54, 1.807) is 24.4 Å². The number of nitrogens with zero attached hydrogens (tertiary/aromatic N) is 3. The number of aromatic nitrogens is 1. The maximum atomic E-state index is 13.4. The first-order chi connectivity index (χ1) is 11.2. The van der Waals surface area contributed by atoms with E-state index in [0.29, 0.717) is 12.1 Å². The molecule has 0 saturated carbocycles. The molecule has 1 aliphatic rings. The predicted molar refractivity (Wildman–Crippen MR) is 85.7 cm³/mol. The van der Waals surface area contributed by atoms with Crippen LogP contribution in [0.15, 0.2) is 36.5 Å². The Balaban J connectivity index is 1.61. The lowest BCUT2D eigenvalue weighted by Gasteiger charge is -2.35. The number of para-hydroxylation sites is 1. The van der Waals surface area contributed by atoms with Gasteiger partial charge < -0.3 is 15.1 Å². The average molecular weight is 317 g/mol. The summed E-state index contributed by atoms with van der Waals surface area (Å²) in [6.07, 6.45) is 1.71. The number of benzene rings is 1. The van der Waals surface area contributed by atoms with E-state index >= 15 is 0 Å². The number of aliphatic hydroxyl groups is 1.